The molecule has 158 valence electrons. The van der Waals surface area contributed by atoms with Crippen LogP contribution in [0.1, 0.15) is 29.4 Å². The van der Waals surface area contributed by atoms with E-state index in [1.807, 2.05) is 55.5 Å². The highest BCUT2D eigenvalue weighted by Gasteiger charge is 2.56. The summed E-state index contributed by atoms with van der Waals surface area (Å²) in [4.78, 5) is 9.92. The Labute approximate surface area is 184 Å². The van der Waals surface area contributed by atoms with E-state index in [1.165, 1.54) is 0 Å². The minimum atomic E-state index is -1.02. The molecular formula is C24H20N6O2. The molecule has 1 aliphatic heterocycles. The minimum absolute atomic E-state index is 0.0316. The quantitative estimate of drug-likeness (QED) is 0.395. The smallest absolute Gasteiger partial charge is 0.244 e. The molecule has 0 bridgehead atoms. The van der Waals surface area contributed by atoms with Crippen molar-refractivity contribution >= 4 is 11.0 Å². The third-order valence-electron chi connectivity index (χ3n) is 5.74. The number of aromatic nitrogens is 4. The van der Waals surface area contributed by atoms with Gasteiger partial charge in [-0.1, -0.05) is 36.4 Å². The van der Waals surface area contributed by atoms with Crippen molar-refractivity contribution < 1.29 is 9.84 Å². The number of hydrogen-bond donors (Lipinski definition) is 3. The van der Waals surface area contributed by atoms with Crippen LogP contribution in [0.15, 0.2) is 60.0 Å². The predicted molar refractivity (Wildman–Crippen MR) is 118 cm³/mol. The fourth-order valence-corrected chi connectivity index (χ4v) is 4.63. The first-order chi connectivity index (χ1) is 15.6. The van der Waals surface area contributed by atoms with E-state index in [0.29, 0.717) is 17.1 Å². The zero-order chi connectivity index (χ0) is 22.5. The lowest BCUT2D eigenvalue weighted by molar-refractivity contribution is 0.318. The molecule has 0 saturated carbocycles. The number of H-pyrrole nitrogens is 1. The van der Waals surface area contributed by atoms with E-state index in [4.69, 9.17) is 25.5 Å². The maximum Gasteiger partial charge on any atom is 0.244 e. The van der Waals surface area contributed by atoms with Crippen molar-refractivity contribution in [1.29, 1.82) is 5.26 Å². The number of benzene rings is 2. The summed E-state index contributed by atoms with van der Waals surface area (Å²) in [6.07, 6.45) is 0. The molecule has 4 N–H and O–H groups in total. The van der Waals surface area contributed by atoms with Crippen LogP contribution >= 0.6 is 0 Å². The summed E-state index contributed by atoms with van der Waals surface area (Å²) in [5.41, 5.74) is 11.8. The van der Waals surface area contributed by atoms with Crippen LogP contribution in [0.3, 0.4) is 0 Å². The Bertz CT molecular complexity index is 1450. The highest BCUT2D eigenvalue weighted by Crippen LogP contribution is 2.59. The first-order valence-electron chi connectivity index (χ1n) is 10.2. The zero-order valence-corrected chi connectivity index (χ0v) is 17.5. The summed E-state index contributed by atoms with van der Waals surface area (Å²) in [5, 5.41) is 25.0. The van der Waals surface area contributed by atoms with Crippen molar-refractivity contribution in [1.82, 2.24) is 20.2 Å². The first-order valence-corrected chi connectivity index (χ1v) is 10.2. The van der Waals surface area contributed by atoms with Crippen molar-refractivity contribution in [3.05, 3.63) is 82.5 Å². The lowest BCUT2D eigenvalue weighted by Crippen LogP contribution is -2.37. The molecule has 0 saturated heterocycles. The van der Waals surface area contributed by atoms with E-state index < -0.39 is 5.41 Å². The molecule has 6 rings (SSSR count). The molecule has 32 heavy (non-hydrogen) atoms. The Morgan fingerprint density at radius 2 is 1.78 bits per heavy atom. The van der Waals surface area contributed by atoms with Crippen molar-refractivity contribution in [2.24, 2.45) is 5.73 Å². The number of aryl methyl sites for hydroxylation is 1. The number of fused-ring (bicyclic) bond motifs is 8. The summed E-state index contributed by atoms with van der Waals surface area (Å²) < 4.78 is 5.70. The molecule has 3 heterocycles. The lowest BCUT2D eigenvalue weighted by atomic mass is 9.68. The van der Waals surface area contributed by atoms with E-state index in [1.54, 1.807) is 6.92 Å². The van der Waals surface area contributed by atoms with Crippen LogP contribution in [0.4, 0.5) is 0 Å². The van der Waals surface area contributed by atoms with E-state index in [9.17, 15) is 5.26 Å². The van der Waals surface area contributed by atoms with Crippen molar-refractivity contribution in [2.45, 2.75) is 19.3 Å². The van der Waals surface area contributed by atoms with Gasteiger partial charge in [0.1, 0.15) is 17.1 Å². The van der Waals surface area contributed by atoms with Gasteiger partial charge in [0.25, 0.3) is 0 Å². The highest BCUT2D eigenvalue weighted by atomic mass is 16.5. The first kappa shape index (κ1) is 19.7. The summed E-state index contributed by atoms with van der Waals surface area (Å²) in [6, 6.07) is 17.9. The molecule has 1 aliphatic carbocycles. The van der Waals surface area contributed by atoms with Gasteiger partial charge >= 0.3 is 0 Å². The number of ether oxygens (including phenoxy) is 1. The molecule has 0 fully saturated rings. The molecule has 1 spiro atoms. The van der Waals surface area contributed by atoms with Crippen molar-refractivity contribution in [3.8, 4) is 23.2 Å². The fraction of sp³-hybridized carbons (Fsp3) is 0.167. The van der Waals surface area contributed by atoms with E-state index in [2.05, 4.69) is 16.3 Å². The van der Waals surface area contributed by atoms with Gasteiger partial charge in [-0.05, 0) is 31.5 Å². The average molecular weight is 424 g/mol. The van der Waals surface area contributed by atoms with Crippen molar-refractivity contribution in [2.75, 3.05) is 6.61 Å². The van der Waals surface area contributed by atoms with Gasteiger partial charge in [-0.3, -0.25) is 5.10 Å². The number of nitriles is 1. The molecule has 2 aliphatic rings. The summed E-state index contributed by atoms with van der Waals surface area (Å²) in [6.45, 7) is 3.84. The molecule has 8 heteroatoms. The number of para-hydroxylation sites is 2. The van der Waals surface area contributed by atoms with Crippen LogP contribution in [-0.4, -0.2) is 31.9 Å². The molecule has 0 unspecified atom stereocenters. The Morgan fingerprint density at radius 1 is 1.12 bits per heavy atom. The maximum atomic E-state index is 10.2. The second kappa shape index (κ2) is 7.18. The number of aromatic amines is 1. The van der Waals surface area contributed by atoms with Gasteiger partial charge in [-0.15, -0.1) is 5.10 Å². The van der Waals surface area contributed by atoms with Crippen LogP contribution in [0.5, 0.6) is 5.88 Å². The second-order valence-electron chi connectivity index (χ2n) is 7.50. The highest BCUT2D eigenvalue weighted by molar-refractivity contribution is 5.89. The molecule has 1 atom stereocenters. The number of hydrogen-bond acceptors (Lipinski definition) is 7. The number of nitrogens with zero attached hydrogens (tertiary/aromatic N) is 4. The van der Waals surface area contributed by atoms with Gasteiger partial charge in [0.15, 0.2) is 0 Å². The van der Waals surface area contributed by atoms with Crippen LogP contribution in [0.2, 0.25) is 0 Å². The van der Waals surface area contributed by atoms with Crippen LogP contribution in [0, 0.1) is 18.3 Å². The fourth-order valence-electron chi connectivity index (χ4n) is 4.63. The standard InChI is InChI=1S/C22H14N6O.C2H6O/c1-11-17-21(28-27-11)29-20(24)14(10-23)22(17)13-7-3-2-6-12(13)18-19(22)26-16-9-5-4-8-15(16)25-18;1-2-3/h2-9H,24H2,1H3,(H,27,28);3H,2H2,1H3/t22-;/m1./s1. The molecular weight excluding hydrogens is 404 g/mol. The average Bonchev–Trinajstić information content (AvgIpc) is 3.30. The lowest BCUT2D eigenvalue weighted by Gasteiger charge is -2.34. The van der Waals surface area contributed by atoms with E-state index in [-0.39, 0.29) is 12.5 Å². The largest absolute Gasteiger partial charge is 0.420 e. The molecule has 2 aromatic carbocycles. The number of aliphatic hydroxyl groups excluding tert-OH is 1. The predicted octanol–water partition coefficient (Wildman–Crippen LogP) is 3.06. The molecule has 4 aromatic rings. The Balaban J connectivity index is 0.000000684. The Hall–Kier alpha value is -4.22. The second-order valence-corrected chi connectivity index (χ2v) is 7.50. The number of rotatable bonds is 0. The number of nitrogens with one attached hydrogen (secondary N) is 1. The van der Waals surface area contributed by atoms with Crippen molar-refractivity contribution in [3.63, 3.8) is 0 Å². The SMILES string of the molecule is CCO.Cc1[nH]nc2c1[C@]1(C(C#N)=C(N)O2)c2ccccc2-c2nc3ccccc3nc21. The third kappa shape index (κ3) is 2.43. The van der Waals surface area contributed by atoms with Crippen LogP contribution < -0.4 is 10.5 Å². The van der Waals surface area contributed by atoms with Gasteiger partial charge in [0.05, 0.1) is 28.0 Å². The normalized spacial score (nSPS) is 17.7. The van der Waals surface area contributed by atoms with E-state index in [0.717, 1.165) is 39.1 Å². The van der Waals surface area contributed by atoms with E-state index >= 15 is 0 Å². The zero-order valence-electron chi connectivity index (χ0n) is 17.5. The summed E-state index contributed by atoms with van der Waals surface area (Å²) >= 11 is 0. The minimum Gasteiger partial charge on any atom is -0.420 e. The summed E-state index contributed by atoms with van der Waals surface area (Å²) in [5.74, 6) is 0.390. The Morgan fingerprint density at radius 3 is 2.50 bits per heavy atom. The van der Waals surface area contributed by atoms with Gasteiger partial charge in [0, 0.05) is 17.9 Å². The number of aliphatic hydroxyl groups is 1. The topological polar surface area (TPSA) is 134 Å². The molecule has 2 aromatic heterocycles. The number of allylic oxidation sites excluding steroid dienone is 1. The van der Waals surface area contributed by atoms with Gasteiger partial charge in [-0.25, -0.2) is 9.97 Å². The third-order valence-corrected chi connectivity index (χ3v) is 5.74. The maximum absolute atomic E-state index is 10.2. The molecule has 8 nitrogen and oxygen atoms in total. The Kier molecular flexibility index (Phi) is 4.43. The van der Waals surface area contributed by atoms with Gasteiger partial charge in [0.2, 0.25) is 11.8 Å². The monoisotopic (exact) mass is 424 g/mol. The number of nitrogens with two attached hydrogens (primary N) is 1. The summed E-state index contributed by atoms with van der Waals surface area (Å²) in [7, 11) is 0. The van der Waals surface area contributed by atoms with Gasteiger partial charge in [-0.2, -0.15) is 5.26 Å². The van der Waals surface area contributed by atoms with Gasteiger partial charge < -0.3 is 15.6 Å². The molecule has 0 amide bonds. The van der Waals surface area contributed by atoms with Crippen LogP contribution in [0.25, 0.3) is 22.3 Å². The van der Waals surface area contributed by atoms with Crippen LogP contribution in [-0.2, 0) is 5.41 Å². The molecule has 0 radical (unpaired) electrons.